The third-order valence-corrected chi connectivity index (χ3v) is 7.05. The van der Waals surface area contributed by atoms with E-state index in [9.17, 15) is 9.90 Å². The van der Waals surface area contributed by atoms with Gasteiger partial charge in [0.05, 0.1) is 17.1 Å². The SMILES string of the molecule is CCOC(Cc1ccc(OCCN2SC=CCC3=C2c2sccc2C3)cc1)C(=O)O. The van der Waals surface area contributed by atoms with E-state index in [1.807, 2.05) is 35.6 Å². The second-order valence-corrected chi connectivity index (χ2v) is 9.01. The number of aliphatic carboxylic acids is 1. The maximum absolute atomic E-state index is 11.3. The van der Waals surface area contributed by atoms with Crippen LogP contribution in [0, 0.1) is 0 Å². The Morgan fingerprint density at radius 2 is 2.10 bits per heavy atom. The van der Waals surface area contributed by atoms with E-state index in [0.29, 0.717) is 19.6 Å². The summed E-state index contributed by atoms with van der Waals surface area (Å²) in [6.07, 6.45) is 3.84. The van der Waals surface area contributed by atoms with Gasteiger partial charge < -0.3 is 18.9 Å². The van der Waals surface area contributed by atoms with Gasteiger partial charge in [-0.1, -0.05) is 18.2 Å². The van der Waals surface area contributed by atoms with Crippen molar-refractivity contribution in [1.29, 1.82) is 0 Å². The first-order valence-corrected chi connectivity index (χ1v) is 11.8. The molecule has 0 bridgehead atoms. The van der Waals surface area contributed by atoms with Crippen molar-refractivity contribution >= 4 is 35.0 Å². The van der Waals surface area contributed by atoms with Crippen LogP contribution in [0.2, 0.25) is 0 Å². The van der Waals surface area contributed by atoms with E-state index in [1.165, 1.54) is 21.7 Å². The Kier molecular flexibility index (Phi) is 6.82. The average Bonchev–Trinajstić information content (AvgIpc) is 3.26. The minimum atomic E-state index is -0.935. The van der Waals surface area contributed by atoms with Crippen LogP contribution < -0.4 is 4.74 Å². The Bertz CT molecular complexity index is 948. The van der Waals surface area contributed by atoms with Gasteiger partial charge in [0.25, 0.3) is 0 Å². The van der Waals surface area contributed by atoms with Gasteiger partial charge in [0, 0.05) is 13.0 Å². The number of ether oxygens (including phenoxy) is 2. The molecule has 0 radical (unpaired) electrons. The summed E-state index contributed by atoms with van der Waals surface area (Å²) in [6, 6.07) is 9.84. The molecular formula is C23H25NO4S2. The molecule has 1 aromatic heterocycles. The van der Waals surface area contributed by atoms with Crippen molar-refractivity contribution in [1.82, 2.24) is 4.31 Å². The molecule has 0 fully saturated rings. The molecule has 0 saturated heterocycles. The summed E-state index contributed by atoms with van der Waals surface area (Å²) in [5.74, 6) is -0.148. The van der Waals surface area contributed by atoms with Crippen molar-refractivity contribution in [2.45, 2.75) is 32.3 Å². The molecule has 1 unspecified atom stereocenters. The topological polar surface area (TPSA) is 59.0 Å². The lowest BCUT2D eigenvalue weighted by atomic mass is 10.1. The van der Waals surface area contributed by atoms with Crippen molar-refractivity contribution in [3.05, 3.63) is 68.8 Å². The van der Waals surface area contributed by atoms with Crippen LogP contribution in [0.5, 0.6) is 5.75 Å². The Hall–Kier alpha value is -2.22. The van der Waals surface area contributed by atoms with Crippen LogP contribution in [0.25, 0.3) is 5.70 Å². The molecule has 2 aliphatic rings. The molecule has 2 heterocycles. The van der Waals surface area contributed by atoms with Gasteiger partial charge in [0.15, 0.2) is 6.10 Å². The molecule has 0 saturated carbocycles. The lowest BCUT2D eigenvalue weighted by molar-refractivity contribution is -0.149. The van der Waals surface area contributed by atoms with Crippen molar-refractivity contribution < 1.29 is 19.4 Å². The molecular weight excluding hydrogens is 418 g/mol. The van der Waals surface area contributed by atoms with E-state index in [2.05, 4.69) is 27.2 Å². The highest BCUT2D eigenvalue weighted by Crippen LogP contribution is 2.44. The summed E-state index contributed by atoms with van der Waals surface area (Å²) in [7, 11) is 0. The number of hydrogen-bond donors (Lipinski definition) is 1. The second kappa shape index (κ2) is 9.73. The fraction of sp³-hybridized carbons (Fsp3) is 0.348. The van der Waals surface area contributed by atoms with Crippen LogP contribution in [-0.2, 0) is 22.4 Å². The van der Waals surface area contributed by atoms with E-state index >= 15 is 0 Å². The molecule has 0 spiro atoms. The molecule has 1 aromatic carbocycles. The van der Waals surface area contributed by atoms with Gasteiger partial charge in [-0.3, -0.25) is 0 Å². The van der Waals surface area contributed by atoms with Crippen LogP contribution in [0.1, 0.15) is 29.3 Å². The predicted molar refractivity (Wildman–Crippen MR) is 122 cm³/mol. The summed E-state index contributed by atoms with van der Waals surface area (Å²) in [4.78, 5) is 12.6. The molecule has 1 aliphatic carbocycles. The van der Waals surface area contributed by atoms with Crippen LogP contribution in [0.4, 0.5) is 0 Å². The van der Waals surface area contributed by atoms with Crippen molar-refractivity contribution in [2.75, 3.05) is 19.8 Å². The third kappa shape index (κ3) is 4.74. The fourth-order valence-electron chi connectivity index (χ4n) is 3.74. The van der Waals surface area contributed by atoms with Crippen molar-refractivity contribution in [2.24, 2.45) is 0 Å². The molecule has 2 aromatic rings. The van der Waals surface area contributed by atoms with E-state index in [-0.39, 0.29) is 0 Å². The molecule has 7 heteroatoms. The highest BCUT2D eigenvalue weighted by molar-refractivity contribution is 8.00. The van der Waals surface area contributed by atoms with Crippen molar-refractivity contribution in [3.8, 4) is 5.75 Å². The predicted octanol–water partition coefficient (Wildman–Crippen LogP) is 4.99. The Morgan fingerprint density at radius 1 is 1.27 bits per heavy atom. The fourth-order valence-corrected chi connectivity index (χ4v) is 5.66. The highest BCUT2D eigenvalue weighted by Gasteiger charge is 2.27. The Labute approximate surface area is 185 Å². The minimum absolute atomic E-state index is 0.348. The Morgan fingerprint density at radius 3 is 2.87 bits per heavy atom. The quantitative estimate of drug-likeness (QED) is 0.551. The lowest BCUT2D eigenvalue weighted by Crippen LogP contribution is -2.26. The first-order chi connectivity index (χ1) is 14.7. The zero-order valence-corrected chi connectivity index (χ0v) is 18.5. The van der Waals surface area contributed by atoms with E-state index in [4.69, 9.17) is 9.47 Å². The van der Waals surface area contributed by atoms with Crippen LogP contribution >= 0.6 is 23.3 Å². The number of benzene rings is 1. The first kappa shape index (κ1) is 21.0. The lowest BCUT2D eigenvalue weighted by Gasteiger charge is -2.23. The number of carboxylic acids is 1. The summed E-state index contributed by atoms with van der Waals surface area (Å²) >= 11 is 3.55. The number of rotatable bonds is 9. The maximum atomic E-state index is 11.3. The zero-order valence-electron chi connectivity index (χ0n) is 16.9. The van der Waals surface area contributed by atoms with E-state index in [0.717, 1.165) is 30.7 Å². The minimum Gasteiger partial charge on any atom is -0.492 e. The number of allylic oxidation sites excluding steroid dienone is 2. The zero-order chi connectivity index (χ0) is 20.9. The number of carboxylic acid groups (broad SMARTS) is 1. The van der Waals surface area contributed by atoms with Gasteiger partial charge >= 0.3 is 5.97 Å². The molecule has 1 atom stereocenters. The van der Waals surface area contributed by atoms with E-state index in [1.54, 1.807) is 18.9 Å². The molecule has 4 rings (SSSR count). The van der Waals surface area contributed by atoms with Gasteiger partial charge in [-0.2, -0.15) is 0 Å². The largest absolute Gasteiger partial charge is 0.492 e. The van der Waals surface area contributed by atoms with Crippen LogP contribution in [0.3, 0.4) is 0 Å². The first-order valence-electron chi connectivity index (χ1n) is 10.1. The van der Waals surface area contributed by atoms with Crippen LogP contribution in [-0.4, -0.2) is 41.2 Å². The van der Waals surface area contributed by atoms with Crippen LogP contribution in [0.15, 0.2) is 52.8 Å². The summed E-state index contributed by atoms with van der Waals surface area (Å²) in [6.45, 7) is 3.55. The van der Waals surface area contributed by atoms with Gasteiger partial charge in [-0.25, -0.2) is 4.79 Å². The normalized spacial score (nSPS) is 16.2. The third-order valence-electron chi connectivity index (χ3n) is 5.15. The molecule has 30 heavy (non-hydrogen) atoms. The Balaban J connectivity index is 1.33. The average molecular weight is 444 g/mol. The van der Waals surface area contributed by atoms with Crippen molar-refractivity contribution in [3.63, 3.8) is 0 Å². The smallest absolute Gasteiger partial charge is 0.333 e. The number of thiophene rings is 1. The second-order valence-electron chi connectivity index (χ2n) is 7.17. The van der Waals surface area contributed by atoms with E-state index < -0.39 is 12.1 Å². The monoisotopic (exact) mass is 443 g/mol. The number of nitrogens with zero attached hydrogens (tertiary/aromatic N) is 1. The van der Waals surface area contributed by atoms with Gasteiger partial charge in [0.2, 0.25) is 0 Å². The molecule has 5 nitrogen and oxygen atoms in total. The molecule has 1 N–H and O–H groups in total. The number of carbonyl (C=O) groups is 1. The maximum Gasteiger partial charge on any atom is 0.333 e. The number of hydrogen-bond acceptors (Lipinski definition) is 6. The molecule has 1 aliphatic heterocycles. The standard InChI is InChI=1S/C23H25NO4S2/c1-2-27-20(23(25)26)14-16-5-7-19(8-6-16)28-11-10-24-21-17(4-3-12-30-24)15-18-9-13-29-22(18)21/h3,5-9,12-13,20H,2,4,10-11,14-15H2,1H3,(H,25,26). The van der Waals surface area contributed by atoms with Gasteiger partial charge in [-0.05, 0) is 77.4 Å². The number of fused-ring (bicyclic) bond motifs is 2. The highest BCUT2D eigenvalue weighted by atomic mass is 32.2. The molecule has 158 valence electrons. The summed E-state index contributed by atoms with van der Waals surface area (Å²) < 4.78 is 13.6. The van der Waals surface area contributed by atoms with Gasteiger partial charge in [-0.15, -0.1) is 11.3 Å². The van der Waals surface area contributed by atoms with Gasteiger partial charge in [0.1, 0.15) is 12.4 Å². The summed E-state index contributed by atoms with van der Waals surface area (Å²) in [5.41, 5.74) is 5.21. The molecule has 0 amide bonds. The summed E-state index contributed by atoms with van der Waals surface area (Å²) in [5, 5.41) is 13.6.